The van der Waals surface area contributed by atoms with Crippen LogP contribution in [0.25, 0.3) is 0 Å². The normalized spacial score (nSPS) is 22.5. The molecule has 1 aromatic rings. The van der Waals surface area contributed by atoms with E-state index >= 15 is 0 Å². The first-order chi connectivity index (χ1) is 10.9. The number of alkyl halides is 3. The van der Waals surface area contributed by atoms with Crippen LogP contribution in [0.4, 0.5) is 19.0 Å². The van der Waals surface area contributed by atoms with E-state index < -0.39 is 52.1 Å². The Bertz CT molecular complexity index is 756. The minimum atomic E-state index is -4.63. The molecule has 1 aromatic heterocycles. The Morgan fingerprint density at radius 1 is 1.38 bits per heavy atom. The second kappa shape index (κ2) is 6.36. The second-order valence-corrected chi connectivity index (χ2v) is 7.72. The molecule has 1 fully saturated rings. The topological polar surface area (TPSA) is 100 Å². The maximum absolute atomic E-state index is 13.3. The summed E-state index contributed by atoms with van der Waals surface area (Å²) in [6, 6.07) is -0.995. The molecule has 0 aliphatic carbocycles. The molecule has 1 aliphatic rings. The summed E-state index contributed by atoms with van der Waals surface area (Å²) in [5.74, 6) is -2.63. The zero-order valence-electron chi connectivity index (χ0n) is 12.3. The van der Waals surface area contributed by atoms with Gasteiger partial charge in [0.15, 0.2) is 0 Å². The van der Waals surface area contributed by atoms with Gasteiger partial charge >= 0.3 is 12.1 Å². The number of aromatic nitrogens is 2. The van der Waals surface area contributed by atoms with Gasteiger partial charge in [-0.2, -0.15) is 13.2 Å². The number of hydrogen-bond acceptors (Lipinski definition) is 6. The number of anilines is 1. The monoisotopic (exact) mass is 387 g/mol. The first kappa shape index (κ1) is 18.7. The molecule has 0 unspecified atom stereocenters. The zero-order chi connectivity index (χ0) is 18.3. The van der Waals surface area contributed by atoms with Crippen LogP contribution in [0.5, 0.6) is 0 Å². The summed E-state index contributed by atoms with van der Waals surface area (Å²) in [5.41, 5.74) is 0. The van der Waals surface area contributed by atoms with E-state index in [2.05, 4.69) is 9.97 Å². The molecule has 0 amide bonds. The van der Waals surface area contributed by atoms with Gasteiger partial charge in [-0.1, -0.05) is 11.6 Å². The molecular weight excluding hydrogens is 375 g/mol. The SMILES string of the molecule is CS(=O)(=O)c1nc(Cl)cc(N2C[C@@H](C(=O)O)CC[C@H]2C(F)(F)F)n1. The molecule has 0 bridgehead atoms. The van der Waals surface area contributed by atoms with Gasteiger partial charge in [0.05, 0.1) is 5.92 Å². The van der Waals surface area contributed by atoms with E-state index in [1.54, 1.807) is 0 Å². The third kappa shape index (κ3) is 4.07. The molecule has 2 heterocycles. The molecule has 0 radical (unpaired) electrons. The zero-order valence-corrected chi connectivity index (χ0v) is 13.9. The molecule has 134 valence electrons. The fourth-order valence-electron chi connectivity index (χ4n) is 2.46. The van der Waals surface area contributed by atoms with E-state index in [1.807, 2.05) is 0 Å². The fourth-order valence-corrected chi connectivity index (χ4v) is 3.22. The lowest BCUT2D eigenvalue weighted by Crippen LogP contribution is -2.53. The number of carboxylic acid groups (broad SMARTS) is 1. The average Bonchev–Trinajstić information content (AvgIpc) is 2.44. The van der Waals surface area contributed by atoms with Crippen LogP contribution in [-0.4, -0.2) is 54.5 Å². The number of aliphatic carboxylic acids is 1. The quantitative estimate of drug-likeness (QED) is 0.623. The number of hydrogen-bond donors (Lipinski definition) is 1. The molecule has 0 spiro atoms. The highest BCUT2D eigenvalue weighted by Gasteiger charge is 2.48. The Hall–Kier alpha value is -1.62. The molecule has 7 nitrogen and oxygen atoms in total. The van der Waals surface area contributed by atoms with Crippen LogP contribution >= 0.6 is 11.6 Å². The number of halogens is 4. The van der Waals surface area contributed by atoms with E-state index in [1.165, 1.54) is 0 Å². The summed E-state index contributed by atoms with van der Waals surface area (Å²) < 4.78 is 62.9. The molecule has 1 N–H and O–H groups in total. The van der Waals surface area contributed by atoms with Crippen molar-refractivity contribution in [2.45, 2.75) is 30.2 Å². The van der Waals surface area contributed by atoms with Gasteiger partial charge in [-0.3, -0.25) is 4.79 Å². The van der Waals surface area contributed by atoms with Gasteiger partial charge in [0.2, 0.25) is 15.0 Å². The van der Waals surface area contributed by atoms with E-state index in [0.29, 0.717) is 0 Å². The third-order valence-corrected chi connectivity index (χ3v) is 4.64. The highest BCUT2D eigenvalue weighted by molar-refractivity contribution is 7.90. The van der Waals surface area contributed by atoms with Gasteiger partial charge < -0.3 is 10.0 Å². The van der Waals surface area contributed by atoms with Crippen molar-refractivity contribution >= 4 is 33.2 Å². The maximum Gasteiger partial charge on any atom is 0.408 e. The van der Waals surface area contributed by atoms with Crippen molar-refractivity contribution in [3.8, 4) is 0 Å². The predicted octanol–water partition coefficient (Wildman–Crippen LogP) is 1.77. The Balaban J connectivity index is 2.51. The van der Waals surface area contributed by atoms with Gasteiger partial charge in [0.25, 0.3) is 0 Å². The van der Waals surface area contributed by atoms with Gasteiger partial charge in [-0.15, -0.1) is 0 Å². The van der Waals surface area contributed by atoms with Gasteiger partial charge in [-0.25, -0.2) is 18.4 Å². The summed E-state index contributed by atoms with van der Waals surface area (Å²) in [4.78, 5) is 19.0. The van der Waals surface area contributed by atoms with Gasteiger partial charge in [0.1, 0.15) is 17.0 Å². The Labute approximate surface area is 140 Å². The molecule has 0 aromatic carbocycles. The summed E-state index contributed by atoms with van der Waals surface area (Å²) >= 11 is 5.70. The number of sulfone groups is 1. The first-order valence-electron chi connectivity index (χ1n) is 6.70. The van der Waals surface area contributed by atoms with Crippen LogP contribution in [0.15, 0.2) is 11.2 Å². The first-order valence-corrected chi connectivity index (χ1v) is 8.97. The van der Waals surface area contributed by atoms with Crippen LogP contribution < -0.4 is 4.90 Å². The van der Waals surface area contributed by atoms with E-state index in [4.69, 9.17) is 16.7 Å². The standard InChI is InChI=1S/C12H13ClF3N3O4S/c1-24(22,23)11-17-8(13)4-9(18-11)19-5-6(10(20)21)2-3-7(19)12(14,15)16/h4,6-7H,2-3,5H2,1H3,(H,20,21)/t6-,7-/m0/s1. The van der Waals surface area contributed by atoms with Crippen molar-refractivity contribution in [2.75, 3.05) is 17.7 Å². The Morgan fingerprint density at radius 3 is 2.50 bits per heavy atom. The lowest BCUT2D eigenvalue weighted by atomic mass is 9.92. The molecule has 24 heavy (non-hydrogen) atoms. The van der Waals surface area contributed by atoms with Crippen LogP contribution in [0.1, 0.15) is 12.8 Å². The maximum atomic E-state index is 13.3. The lowest BCUT2D eigenvalue weighted by Gasteiger charge is -2.39. The highest BCUT2D eigenvalue weighted by Crippen LogP contribution is 2.36. The van der Waals surface area contributed by atoms with Crippen molar-refractivity contribution in [1.29, 1.82) is 0 Å². The predicted molar refractivity (Wildman–Crippen MR) is 77.7 cm³/mol. The number of carboxylic acids is 1. The summed E-state index contributed by atoms with van der Waals surface area (Å²) in [5, 5.41) is 8.00. The third-order valence-electron chi connectivity index (χ3n) is 3.60. The summed E-state index contributed by atoms with van der Waals surface area (Å²) in [6.07, 6.45) is -4.43. The van der Waals surface area contributed by atoms with E-state index in [9.17, 15) is 26.4 Å². The van der Waals surface area contributed by atoms with E-state index in [0.717, 1.165) is 17.2 Å². The van der Waals surface area contributed by atoms with Crippen molar-refractivity contribution < 1.29 is 31.5 Å². The lowest BCUT2D eigenvalue weighted by molar-refractivity contribution is -0.159. The molecular formula is C12H13ClF3N3O4S. The van der Waals surface area contributed by atoms with Crippen LogP contribution in [-0.2, 0) is 14.6 Å². The van der Waals surface area contributed by atoms with Crippen LogP contribution in [0.2, 0.25) is 5.15 Å². The molecule has 12 heteroatoms. The smallest absolute Gasteiger partial charge is 0.408 e. The average molecular weight is 388 g/mol. The fraction of sp³-hybridized carbons (Fsp3) is 0.583. The molecule has 1 saturated heterocycles. The van der Waals surface area contributed by atoms with Crippen LogP contribution in [0.3, 0.4) is 0 Å². The minimum absolute atomic E-state index is 0.145. The highest BCUT2D eigenvalue weighted by atomic mass is 35.5. The number of carbonyl (C=O) groups is 1. The molecule has 1 aliphatic heterocycles. The van der Waals surface area contributed by atoms with Crippen molar-refractivity contribution in [3.63, 3.8) is 0 Å². The van der Waals surface area contributed by atoms with Crippen molar-refractivity contribution in [2.24, 2.45) is 5.92 Å². The van der Waals surface area contributed by atoms with Crippen molar-refractivity contribution in [3.05, 3.63) is 11.2 Å². The number of nitrogens with zero attached hydrogens (tertiary/aromatic N) is 3. The Kier molecular flexibility index (Phi) is 4.96. The minimum Gasteiger partial charge on any atom is -0.481 e. The largest absolute Gasteiger partial charge is 0.481 e. The molecule has 2 atom stereocenters. The van der Waals surface area contributed by atoms with Crippen LogP contribution in [0, 0.1) is 5.92 Å². The number of rotatable bonds is 3. The van der Waals surface area contributed by atoms with Gasteiger partial charge in [0, 0.05) is 18.9 Å². The molecule has 2 rings (SSSR count). The number of piperidine rings is 1. The van der Waals surface area contributed by atoms with E-state index in [-0.39, 0.29) is 17.4 Å². The Morgan fingerprint density at radius 2 is 2.00 bits per heavy atom. The molecule has 0 saturated carbocycles. The van der Waals surface area contributed by atoms with Crippen molar-refractivity contribution in [1.82, 2.24) is 9.97 Å². The summed E-state index contributed by atoms with van der Waals surface area (Å²) in [7, 11) is -3.90. The summed E-state index contributed by atoms with van der Waals surface area (Å²) in [6.45, 7) is -0.462. The van der Waals surface area contributed by atoms with Gasteiger partial charge in [-0.05, 0) is 12.8 Å². The second-order valence-electron chi connectivity index (χ2n) is 5.43.